The Labute approximate surface area is 114 Å². The van der Waals surface area contributed by atoms with Crippen LogP contribution in [0, 0.1) is 22.7 Å². The van der Waals surface area contributed by atoms with Crippen LogP contribution < -0.4 is 5.32 Å². The normalized spacial score (nSPS) is 16.6. The van der Waals surface area contributed by atoms with Gasteiger partial charge < -0.3 is 5.32 Å². The van der Waals surface area contributed by atoms with E-state index in [0.717, 1.165) is 24.6 Å². The number of hydrogen-bond donors (Lipinski definition) is 1. The highest BCUT2D eigenvalue weighted by Gasteiger charge is 2.44. The van der Waals surface area contributed by atoms with Crippen molar-refractivity contribution in [2.24, 2.45) is 11.3 Å². The van der Waals surface area contributed by atoms with E-state index in [1.807, 2.05) is 12.1 Å². The van der Waals surface area contributed by atoms with Gasteiger partial charge in [0.25, 0.3) is 0 Å². The summed E-state index contributed by atoms with van der Waals surface area (Å²) < 4.78 is 0. The minimum atomic E-state index is 0.513. The van der Waals surface area contributed by atoms with Gasteiger partial charge in [-0.2, -0.15) is 5.26 Å². The van der Waals surface area contributed by atoms with E-state index in [-0.39, 0.29) is 0 Å². The van der Waals surface area contributed by atoms with Crippen LogP contribution in [-0.4, -0.2) is 6.54 Å². The number of benzene rings is 1. The van der Waals surface area contributed by atoms with E-state index in [2.05, 4.69) is 25.2 Å². The molecule has 0 spiro atoms. The van der Waals surface area contributed by atoms with E-state index in [4.69, 9.17) is 16.9 Å². The third-order valence-corrected chi connectivity index (χ3v) is 4.44. The number of nitrogens with one attached hydrogen (secondary N) is 1. The third kappa shape index (κ3) is 2.85. The van der Waals surface area contributed by atoms with E-state index in [0.29, 0.717) is 16.0 Å². The topological polar surface area (TPSA) is 35.8 Å². The van der Waals surface area contributed by atoms with E-state index in [1.54, 1.807) is 6.07 Å². The molecule has 0 unspecified atom stereocenters. The van der Waals surface area contributed by atoms with Gasteiger partial charge in [-0.25, -0.2) is 0 Å². The average molecular weight is 263 g/mol. The summed E-state index contributed by atoms with van der Waals surface area (Å²) in [6.45, 7) is 6.42. The predicted molar refractivity (Wildman–Crippen MR) is 74.4 cm³/mol. The van der Waals surface area contributed by atoms with Crippen molar-refractivity contribution in [2.45, 2.75) is 33.2 Å². The fraction of sp³-hybridized carbons (Fsp3) is 0.533. The first-order valence-corrected chi connectivity index (χ1v) is 6.84. The highest BCUT2D eigenvalue weighted by atomic mass is 35.5. The molecule has 0 heterocycles. The fourth-order valence-electron chi connectivity index (χ4n) is 2.33. The molecule has 1 aromatic carbocycles. The molecule has 0 bridgehead atoms. The molecule has 96 valence electrons. The number of nitriles is 1. The van der Waals surface area contributed by atoms with E-state index in [1.165, 1.54) is 12.8 Å². The van der Waals surface area contributed by atoms with Gasteiger partial charge in [-0.15, -0.1) is 0 Å². The van der Waals surface area contributed by atoms with Gasteiger partial charge in [-0.1, -0.05) is 31.5 Å². The second-order valence-electron chi connectivity index (χ2n) is 5.54. The summed E-state index contributed by atoms with van der Waals surface area (Å²) in [6.07, 6.45) is 2.66. The molecule has 0 aromatic heterocycles. The van der Waals surface area contributed by atoms with Gasteiger partial charge in [0, 0.05) is 18.1 Å². The lowest BCUT2D eigenvalue weighted by Crippen LogP contribution is -2.27. The van der Waals surface area contributed by atoms with Crippen LogP contribution in [0.5, 0.6) is 0 Å². The lowest BCUT2D eigenvalue weighted by atomic mass is 9.92. The second-order valence-corrected chi connectivity index (χ2v) is 5.95. The molecule has 2 rings (SSSR count). The Morgan fingerprint density at radius 2 is 2.17 bits per heavy atom. The standard InChI is InChI=1S/C15H19ClN2/c1-11(2)15(5-6-15)10-18-9-13-4-3-12(8-17)7-14(13)16/h3-4,7,11,18H,5-6,9-10H2,1-2H3. The van der Waals surface area contributed by atoms with Crippen LogP contribution in [0.1, 0.15) is 37.8 Å². The highest BCUT2D eigenvalue weighted by molar-refractivity contribution is 6.31. The molecule has 1 aliphatic rings. The minimum absolute atomic E-state index is 0.513. The molecule has 3 heteroatoms. The first-order chi connectivity index (χ1) is 8.57. The lowest BCUT2D eigenvalue weighted by molar-refractivity contribution is 0.338. The number of hydrogen-bond acceptors (Lipinski definition) is 2. The van der Waals surface area contributed by atoms with Crippen molar-refractivity contribution in [1.82, 2.24) is 5.32 Å². The van der Waals surface area contributed by atoms with Crippen LogP contribution >= 0.6 is 11.6 Å². The zero-order chi connectivity index (χ0) is 13.2. The van der Waals surface area contributed by atoms with Crippen LogP contribution in [0.2, 0.25) is 5.02 Å². The molecule has 1 aliphatic carbocycles. The van der Waals surface area contributed by atoms with Gasteiger partial charge >= 0.3 is 0 Å². The monoisotopic (exact) mass is 262 g/mol. The molecule has 1 aromatic rings. The van der Waals surface area contributed by atoms with E-state index < -0.39 is 0 Å². The molecular formula is C15H19ClN2. The summed E-state index contributed by atoms with van der Waals surface area (Å²) in [5, 5.41) is 13.0. The third-order valence-electron chi connectivity index (χ3n) is 4.09. The van der Waals surface area contributed by atoms with Gasteiger partial charge in [0.05, 0.1) is 11.6 Å². The lowest BCUT2D eigenvalue weighted by Gasteiger charge is -2.20. The molecule has 0 amide bonds. The summed E-state index contributed by atoms with van der Waals surface area (Å²) >= 11 is 6.15. The van der Waals surface area contributed by atoms with Gasteiger partial charge in [-0.3, -0.25) is 0 Å². The van der Waals surface area contributed by atoms with Crippen LogP contribution in [0.4, 0.5) is 0 Å². The van der Waals surface area contributed by atoms with E-state index >= 15 is 0 Å². The SMILES string of the molecule is CC(C)C1(CNCc2ccc(C#N)cc2Cl)CC1. The number of rotatable bonds is 5. The first-order valence-electron chi connectivity index (χ1n) is 6.47. The van der Waals surface area contributed by atoms with Crippen molar-refractivity contribution in [3.8, 4) is 6.07 Å². The van der Waals surface area contributed by atoms with Crippen molar-refractivity contribution in [3.05, 3.63) is 34.3 Å². The molecule has 0 atom stereocenters. The molecule has 1 fully saturated rings. The maximum Gasteiger partial charge on any atom is 0.0992 e. The summed E-state index contributed by atoms with van der Waals surface area (Å²) in [5.41, 5.74) is 2.19. The zero-order valence-electron chi connectivity index (χ0n) is 11.0. The molecule has 2 nitrogen and oxygen atoms in total. The summed E-state index contributed by atoms with van der Waals surface area (Å²) in [4.78, 5) is 0. The van der Waals surface area contributed by atoms with Crippen LogP contribution in [-0.2, 0) is 6.54 Å². The Morgan fingerprint density at radius 1 is 1.44 bits per heavy atom. The molecule has 18 heavy (non-hydrogen) atoms. The van der Waals surface area contributed by atoms with Gasteiger partial charge in [-0.05, 0) is 41.9 Å². The quantitative estimate of drug-likeness (QED) is 0.878. The summed E-state index contributed by atoms with van der Waals surface area (Å²) in [5.74, 6) is 0.737. The highest BCUT2D eigenvalue weighted by Crippen LogP contribution is 2.51. The number of nitrogens with zero attached hydrogens (tertiary/aromatic N) is 1. The Hall–Kier alpha value is -1.04. The van der Waals surface area contributed by atoms with Gasteiger partial charge in [0.2, 0.25) is 0 Å². The fourth-order valence-corrected chi connectivity index (χ4v) is 2.57. The zero-order valence-corrected chi connectivity index (χ0v) is 11.7. The molecular weight excluding hydrogens is 244 g/mol. The van der Waals surface area contributed by atoms with Crippen LogP contribution in [0.25, 0.3) is 0 Å². The second kappa shape index (κ2) is 5.30. The van der Waals surface area contributed by atoms with Crippen LogP contribution in [0.15, 0.2) is 18.2 Å². The maximum atomic E-state index is 8.78. The largest absolute Gasteiger partial charge is 0.312 e. The van der Waals surface area contributed by atoms with Gasteiger partial charge in [0.15, 0.2) is 0 Å². The van der Waals surface area contributed by atoms with Crippen molar-refractivity contribution in [3.63, 3.8) is 0 Å². The Balaban J connectivity index is 1.90. The predicted octanol–water partition coefficient (Wildman–Crippen LogP) is 3.74. The average Bonchev–Trinajstić information content (AvgIpc) is 3.12. The Bertz CT molecular complexity index is 470. The maximum absolute atomic E-state index is 8.78. The molecule has 0 saturated heterocycles. The number of halogens is 1. The smallest absolute Gasteiger partial charge is 0.0992 e. The van der Waals surface area contributed by atoms with E-state index in [9.17, 15) is 0 Å². The van der Waals surface area contributed by atoms with Crippen LogP contribution in [0.3, 0.4) is 0 Å². The molecule has 0 aliphatic heterocycles. The van der Waals surface area contributed by atoms with Crippen molar-refractivity contribution >= 4 is 11.6 Å². The first kappa shape index (κ1) is 13.4. The van der Waals surface area contributed by atoms with Gasteiger partial charge in [0.1, 0.15) is 0 Å². The van der Waals surface area contributed by atoms with Crippen molar-refractivity contribution in [2.75, 3.05) is 6.54 Å². The minimum Gasteiger partial charge on any atom is -0.312 e. The Morgan fingerprint density at radius 3 is 2.67 bits per heavy atom. The molecule has 1 N–H and O–H groups in total. The van der Waals surface area contributed by atoms with Crippen molar-refractivity contribution < 1.29 is 0 Å². The Kier molecular flexibility index (Phi) is 3.94. The molecule has 0 radical (unpaired) electrons. The summed E-state index contributed by atoms with van der Waals surface area (Å²) in [7, 11) is 0. The van der Waals surface area contributed by atoms with Crippen molar-refractivity contribution in [1.29, 1.82) is 5.26 Å². The summed E-state index contributed by atoms with van der Waals surface area (Å²) in [6, 6.07) is 7.58. The molecule has 1 saturated carbocycles.